The molecule has 1 aliphatic rings. The van der Waals surface area contributed by atoms with Crippen LogP contribution in [0, 0.1) is 5.92 Å². The number of halogens is 1. The topological polar surface area (TPSA) is 55.6 Å². The lowest BCUT2D eigenvalue weighted by molar-refractivity contribution is 0.0563. The standard InChI is InChI=1S/C15H21ClN2O2/c1-10-3-4-11(8-17)9-18(10)15(19)13-7-12(16)5-6-14(13)20-2/h5-7,10-11H,3-4,8-9,17H2,1-2H3. The molecular weight excluding hydrogens is 276 g/mol. The van der Waals surface area contributed by atoms with Crippen LogP contribution in [0.4, 0.5) is 0 Å². The van der Waals surface area contributed by atoms with Crippen LogP contribution in [0.1, 0.15) is 30.1 Å². The zero-order valence-electron chi connectivity index (χ0n) is 11.9. The maximum atomic E-state index is 12.8. The summed E-state index contributed by atoms with van der Waals surface area (Å²) in [5.41, 5.74) is 6.26. The van der Waals surface area contributed by atoms with Crippen molar-refractivity contribution < 1.29 is 9.53 Å². The number of carbonyl (C=O) groups is 1. The zero-order valence-corrected chi connectivity index (χ0v) is 12.7. The van der Waals surface area contributed by atoms with Crippen LogP contribution in [0.15, 0.2) is 18.2 Å². The van der Waals surface area contributed by atoms with Gasteiger partial charge in [0.15, 0.2) is 0 Å². The van der Waals surface area contributed by atoms with E-state index in [1.54, 1.807) is 25.3 Å². The van der Waals surface area contributed by atoms with Gasteiger partial charge in [-0.25, -0.2) is 0 Å². The van der Waals surface area contributed by atoms with E-state index in [2.05, 4.69) is 6.92 Å². The Labute approximate surface area is 124 Å². The van der Waals surface area contributed by atoms with E-state index in [0.29, 0.717) is 35.3 Å². The molecule has 2 atom stereocenters. The summed E-state index contributed by atoms with van der Waals surface area (Å²) in [4.78, 5) is 14.6. The zero-order chi connectivity index (χ0) is 14.7. The molecule has 2 N–H and O–H groups in total. The number of likely N-dealkylation sites (tertiary alicyclic amines) is 1. The van der Waals surface area contributed by atoms with Crippen molar-refractivity contribution in [2.45, 2.75) is 25.8 Å². The number of nitrogens with two attached hydrogens (primary N) is 1. The Bertz CT molecular complexity index is 493. The van der Waals surface area contributed by atoms with Gasteiger partial charge in [-0.05, 0) is 50.4 Å². The van der Waals surface area contributed by atoms with Crippen molar-refractivity contribution in [3.63, 3.8) is 0 Å². The molecule has 1 aromatic carbocycles. The Morgan fingerprint density at radius 2 is 2.25 bits per heavy atom. The Balaban J connectivity index is 2.27. The van der Waals surface area contributed by atoms with Gasteiger partial charge in [-0.15, -0.1) is 0 Å². The van der Waals surface area contributed by atoms with Gasteiger partial charge in [0.05, 0.1) is 12.7 Å². The van der Waals surface area contributed by atoms with E-state index in [1.807, 2.05) is 4.90 Å². The molecule has 0 radical (unpaired) electrons. The first-order chi connectivity index (χ1) is 9.56. The fraction of sp³-hybridized carbons (Fsp3) is 0.533. The number of benzene rings is 1. The second-order valence-corrected chi connectivity index (χ2v) is 5.77. The minimum absolute atomic E-state index is 0.0324. The number of hydrogen-bond donors (Lipinski definition) is 1. The molecular formula is C15H21ClN2O2. The van der Waals surface area contributed by atoms with Gasteiger partial charge in [0.2, 0.25) is 0 Å². The Morgan fingerprint density at radius 3 is 2.90 bits per heavy atom. The van der Waals surface area contributed by atoms with Crippen molar-refractivity contribution in [3.05, 3.63) is 28.8 Å². The van der Waals surface area contributed by atoms with E-state index in [4.69, 9.17) is 22.1 Å². The molecule has 4 nitrogen and oxygen atoms in total. The number of rotatable bonds is 3. The average Bonchev–Trinajstić information content (AvgIpc) is 2.47. The maximum absolute atomic E-state index is 12.8. The molecule has 20 heavy (non-hydrogen) atoms. The normalized spacial score (nSPS) is 22.7. The summed E-state index contributed by atoms with van der Waals surface area (Å²) in [7, 11) is 1.56. The molecule has 2 unspecified atom stereocenters. The predicted octanol–water partition coefficient (Wildman–Crippen LogP) is 2.55. The van der Waals surface area contributed by atoms with Crippen LogP contribution in [-0.4, -0.2) is 37.0 Å². The number of piperidine rings is 1. The highest BCUT2D eigenvalue weighted by Gasteiger charge is 2.30. The molecule has 1 amide bonds. The highest BCUT2D eigenvalue weighted by molar-refractivity contribution is 6.31. The minimum atomic E-state index is -0.0324. The Kier molecular flexibility index (Phi) is 4.89. The SMILES string of the molecule is COc1ccc(Cl)cc1C(=O)N1CC(CN)CCC1C. The number of amides is 1. The number of nitrogens with zero attached hydrogens (tertiary/aromatic N) is 1. The van der Waals surface area contributed by atoms with E-state index >= 15 is 0 Å². The van der Waals surface area contributed by atoms with Crippen LogP contribution in [0.5, 0.6) is 5.75 Å². The number of hydrogen-bond acceptors (Lipinski definition) is 3. The summed E-state index contributed by atoms with van der Waals surface area (Å²) >= 11 is 6.00. The van der Waals surface area contributed by atoms with Gasteiger partial charge in [-0.3, -0.25) is 4.79 Å². The molecule has 1 aromatic rings. The molecule has 5 heteroatoms. The molecule has 110 valence electrons. The summed E-state index contributed by atoms with van der Waals surface area (Å²) < 4.78 is 5.27. The third-order valence-corrected chi connectivity index (χ3v) is 4.20. The molecule has 1 fully saturated rings. The molecule has 0 aromatic heterocycles. The van der Waals surface area contributed by atoms with Crippen molar-refractivity contribution in [1.82, 2.24) is 4.90 Å². The summed E-state index contributed by atoms with van der Waals surface area (Å²) in [6.45, 7) is 3.39. The van der Waals surface area contributed by atoms with Gasteiger partial charge in [-0.1, -0.05) is 11.6 Å². The molecule has 0 aliphatic carbocycles. The average molecular weight is 297 g/mol. The van der Waals surface area contributed by atoms with Gasteiger partial charge in [0.1, 0.15) is 5.75 Å². The van der Waals surface area contributed by atoms with Crippen LogP contribution in [0.2, 0.25) is 5.02 Å². The first kappa shape index (κ1) is 15.1. The van der Waals surface area contributed by atoms with Crippen LogP contribution in [-0.2, 0) is 0 Å². The quantitative estimate of drug-likeness (QED) is 0.932. The summed E-state index contributed by atoms with van der Waals surface area (Å²) in [5.74, 6) is 0.900. The van der Waals surface area contributed by atoms with Crippen molar-refractivity contribution in [2.24, 2.45) is 11.7 Å². The van der Waals surface area contributed by atoms with Crippen molar-refractivity contribution in [1.29, 1.82) is 0 Å². The first-order valence-electron chi connectivity index (χ1n) is 6.91. The van der Waals surface area contributed by atoms with Crippen LogP contribution < -0.4 is 10.5 Å². The van der Waals surface area contributed by atoms with E-state index < -0.39 is 0 Å². The van der Waals surface area contributed by atoms with Gasteiger partial charge in [0.25, 0.3) is 5.91 Å². The van der Waals surface area contributed by atoms with Gasteiger partial charge < -0.3 is 15.4 Å². The molecule has 2 rings (SSSR count). The molecule has 0 bridgehead atoms. The van der Waals surface area contributed by atoms with E-state index in [1.165, 1.54) is 0 Å². The van der Waals surface area contributed by atoms with Crippen LogP contribution in [0.25, 0.3) is 0 Å². The predicted molar refractivity (Wildman–Crippen MR) is 80.3 cm³/mol. The lowest BCUT2D eigenvalue weighted by Crippen LogP contribution is -2.47. The summed E-state index contributed by atoms with van der Waals surface area (Å²) in [6, 6.07) is 5.33. The summed E-state index contributed by atoms with van der Waals surface area (Å²) in [6.07, 6.45) is 2.06. The van der Waals surface area contributed by atoms with E-state index in [9.17, 15) is 4.79 Å². The number of ether oxygens (including phenoxy) is 1. The lowest BCUT2D eigenvalue weighted by Gasteiger charge is -2.38. The second-order valence-electron chi connectivity index (χ2n) is 5.33. The highest BCUT2D eigenvalue weighted by atomic mass is 35.5. The number of methoxy groups -OCH3 is 1. The second kappa shape index (κ2) is 6.46. The van der Waals surface area contributed by atoms with Crippen molar-refractivity contribution in [2.75, 3.05) is 20.2 Å². The van der Waals surface area contributed by atoms with Gasteiger partial charge in [-0.2, -0.15) is 0 Å². The molecule has 1 saturated heterocycles. The molecule has 1 aliphatic heterocycles. The summed E-state index contributed by atoms with van der Waals surface area (Å²) in [5, 5.41) is 0.536. The third kappa shape index (κ3) is 3.07. The third-order valence-electron chi connectivity index (χ3n) is 3.97. The minimum Gasteiger partial charge on any atom is -0.496 e. The lowest BCUT2D eigenvalue weighted by atomic mass is 9.93. The monoisotopic (exact) mass is 296 g/mol. The Morgan fingerprint density at radius 1 is 1.50 bits per heavy atom. The highest BCUT2D eigenvalue weighted by Crippen LogP contribution is 2.28. The van der Waals surface area contributed by atoms with Gasteiger partial charge in [0, 0.05) is 17.6 Å². The number of carbonyl (C=O) groups excluding carboxylic acids is 1. The van der Waals surface area contributed by atoms with Crippen LogP contribution >= 0.6 is 11.6 Å². The fourth-order valence-electron chi connectivity index (χ4n) is 2.66. The smallest absolute Gasteiger partial charge is 0.257 e. The van der Waals surface area contributed by atoms with Crippen molar-refractivity contribution in [3.8, 4) is 5.75 Å². The van der Waals surface area contributed by atoms with E-state index in [-0.39, 0.29) is 11.9 Å². The fourth-order valence-corrected chi connectivity index (χ4v) is 2.83. The molecule has 1 heterocycles. The maximum Gasteiger partial charge on any atom is 0.257 e. The Hall–Kier alpha value is -1.26. The van der Waals surface area contributed by atoms with Crippen LogP contribution in [0.3, 0.4) is 0 Å². The van der Waals surface area contributed by atoms with Crippen molar-refractivity contribution >= 4 is 17.5 Å². The molecule has 0 spiro atoms. The van der Waals surface area contributed by atoms with Gasteiger partial charge >= 0.3 is 0 Å². The first-order valence-corrected chi connectivity index (χ1v) is 7.29. The molecule has 0 saturated carbocycles. The van der Waals surface area contributed by atoms with E-state index in [0.717, 1.165) is 12.8 Å². The largest absolute Gasteiger partial charge is 0.496 e.